The van der Waals surface area contributed by atoms with E-state index in [4.69, 9.17) is 5.73 Å². The first-order chi connectivity index (χ1) is 11.0. The number of pyridine rings is 1. The summed E-state index contributed by atoms with van der Waals surface area (Å²) in [5, 5.41) is 3.65. The molecule has 0 spiro atoms. The summed E-state index contributed by atoms with van der Waals surface area (Å²) in [5.41, 5.74) is 8.80. The van der Waals surface area contributed by atoms with Crippen molar-refractivity contribution >= 4 is 22.3 Å². The van der Waals surface area contributed by atoms with Crippen molar-refractivity contribution in [2.24, 2.45) is 5.73 Å². The van der Waals surface area contributed by atoms with E-state index >= 15 is 0 Å². The molecule has 0 saturated carbocycles. The standard InChI is InChI=1S/C18H16FN3O/c1-11-3-2-4-14(7-11)21-10-16(20)15-9-12-8-13(19)5-6-17(12)22-18(15)23/h2-10,21H,20H2,1H3,(H,22,23)/b16-10-. The van der Waals surface area contributed by atoms with Gasteiger partial charge in [-0.3, -0.25) is 4.79 Å². The number of rotatable bonds is 3. The van der Waals surface area contributed by atoms with Gasteiger partial charge in [-0.2, -0.15) is 0 Å². The number of nitrogens with two attached hydrogens (primary N) is 1. The molecule has 116 valence electrons. The van der Waals surface area contributed by atoms with Crippen LogP contribution in [0.1, 0.15) is 11.1 Å². The topological polar surface area (TPSA) is 70.9 Å². The minimum absolute atomic E-state index is 0.277. The van der Waals surface area contributed by atoms with Crippen LogP contribution < -0.4 is 16.6 Å². The van der Waals surface area contributed by atoms with Gasteiger partial charge in [0, 0.05) is 22.8 Å². The maximum absolute atomic E-state index is 13.3. The van der Waals surface area contributed by atoms with Gasteiger partial charge >= 0.3 is 0 Å². The Balaban J connectivity index is 1.96. The lowest BCUT2D eigenvalue weighted by molar-refractivity contribution is 0.629. The van der Waals surface area contributed by atoms with Gasteiger partial charge in [-0.05, 0) is 48.9 Å². The van der Waals surface area contributed by atoms with Crippen LogP contribution in [0.4, 0.5) is 10.1 Å². The van der Waals surface area contributed by atoms with Gasteiger partial charge < -0.3 is 16.0 Å². The lowest BCUT2D eigenvalue weighted by atomic mass is 10.1. The summed E-state index contributed by atoms with van der Waals surface area (Å²) in [4.78, 5) is 14.8. The van der Waals surface area contributed by atoms with Crippen LogP contribution >= 0.6 is 0 Å². The minimum Gasteiger partial charge on any atom is -0.397 e. The van der Waals surface area contributed by atoms with Crippen molar-refractivity contribution in [3.63, 3.8) is 0 Å². The number of H-pyrrole nitrogens is 1. The van der Waals surface area contributed by atoms with Gasteiger partial charge in [0.15, 0.2) is 0 Å². The van der Waals surface area contributed by atoms with Crippen molar-refractivity contribution in [2.45, 2.75) is 6.92 Å². The Bertz CT molecular complexity index is 960. The van der Waals surface area contributed by atoms with E-state index in [0.29, 0.717) is 16.5 Å². The molecule has 0 aliphatic rings. The molecule has 0 unspecified atom stereocenters. The molecule has 0 fully saturated rings. The summed E-state index contributed by atoms with van der Waals surface area (Å²) in [7, 11) is 0. The van der Waals surface area contributed by atoms with E-state index < -0.39 is 0 Å². The summed E-state index contributed by atoms with van der Waals surface area (Å²) >= 11 is 0. The van der Waals surface area contributed by atoms with Crippen molar-refractivity contribution in [1.29, 1.82) is 0 Å². The molecule has 0 aliphatic heterocycles. The van der Waals surface area contributed by atoms with Gasteiger partial charge in [-0.25, -0.2) is 4.39 Å². The molecule has 0 bridgehead atoms. The molecule has 5 heteroatoms. The fourth-order valence-electron chi connectivity index (χ4n) is 2.37. The molecule has 0 amide bonds. The number of aromatic nitrogens is 1. The Morgan fingerprint density at radius 2 is 2.04 bits per heavy atom. The number of fused-ring (bicyclic) bond motifs is 1. The Morgan fingerprint density at radius 3 is 2.83 bits per heavy atom. The highest BCUT2D eigenvalue weighted by molar-refractivity contribution is 5.82. The van der Waals surface area contributed by atoms with Crippen molar-refractivity contribution in [3.8, 4) is 0 Å². The van der Waals surface area contributed by atoms with Crippen LogP contribution in [0, 0.1) is 12.7 Å². The second-order valence-electron chi connectivity index (χ2n) is 5.36. The van der Waals surface area contributed by atoms with Gasteiger partial charge in [0.25, 0.3) is 5.56 Å². The average Bonchev–Trinajstić information content (AvgIpc) is 2.52. The van der Waals surface area contributed by atoms with Crippen LogP contribution in [0.25, 0.3) is 16.6 Å². The molecular formula is C18H16FN3O. The van der Waals surface area contributed by atoms with Crippen LogP contribution in [-0.4, -0.2) is 4.98 Å². The number of hydrogen-bond acceptors (Lipinski definition) is 3. The average molecular weight is 309 g/mol. The van der Waals surface area contributed by atoms with Crippen LogP contribution in [-0.2, 0) is 0 Å². The molecule has 4 N–H and O–H groups in total. The normalized spacial score (nSPS) is 11.7. The largest absolute Gasteiger partial charge is 0.397 e. The molecule has 23 heavy (non-hydrogen) atoms. The molecule has 1 aromatic heterocycles. The number of benzene rings is 2. The smallest absolute Gasteiger partial charge is 0.257 e. The predicted molar refractivity (Wildman–Crippen MR) is 91.5 cm³/mol. The van der Waals surface area contributed by atoms with E-state index in [9.17, 15) is 9.18 Å². The molecule has 0 atom stereocenters. The number of aryl methyl sites for hydroxylation is 1. The van der Waals surface area contributed by atoms with Gasteiger partial charge in [-0.15, -0.1) is 0 Å². The first-order valence-electron chi connectivity index (χ1n) is 7.15. The summed E-state index contributed by atoms with van der Waals surface area (Å²) in [6.45, 7) is 1.99. The Hall–Kier alpha value is -3.08. The van der Waals surface area contributed by atoms with Gasteiger partial charge in [0.1, 0.15) is 5.82 Å². The van der Waals surface area contributed by atoms with E-state index in [2.05, 4.69) is 10.3 Å². The lowest BCUT2D eigenvalue weighted by Crippen LogP contribution is -2.15. The third-order valence-electron chi connectivity index (χ3n) is 3.53. The van der Waals surface area contributed by atoms with E-state index in [1.807, 2.05) is 31.2 Å². The fourth-order valence-corrected chi connectivity index (χ4v) is 2.37. The van der Waals surface area contributed by atoms with Gasteiger partial charge in [0.05, 0.1) is 11.3 Å². The van der Waals surface area contributed by atoms with Crippen molar-refractivity contribution in [2.75, 3.05) is 5.32 Å². The monoisotopic (exact) mass is 309 g/mol. The third kappa shape index (κ3) is 3.23. The van der Waals surface area contributed by atoms with Crippen molar-refractivity contribution in [3.05, 3.63) is 82.0 Å². The molecule has 4 nitrogen and oxygen atoms in total. The molecular weight excluding hydrogens is 293 g/mol. The van der Waals surface area contributed by atoms with Crippen LogP contribution in [0.2, 0.25) is 0 Å². The number of nitrogens with one attached hydrogen (secondary N) is 2. The molecule has 0 aliphatic carbocycles. The van der Waals surface area contributed by atoms with E-state index in [0.717, 1.165) is 11.3 Å². The molecule has 0 saturated heterocycles. The van der Waals surface area contributed by atoms with Gasteiger partial charge in [0.2, 0.25) is 0 Å². The van der Waals surface area contributed by atoms with Crippen molar-refractivity contribution in [1.82, 2.24) is 4.98 Å². The highest BCUT2D eigenvalue weighted by Gasteiger charge is 2.06. The van der Waals surface area contributed by atoms with E-state index in [1.54, 1.807) is 12.3 Å². The quantitative estimate of drug-likeness (QED) is 0.695. The second kappa shape index (κ2) is 5.96. The fraction of sp³-hybridized carbons (Fsp3) is 0.0556. The zero-order valence-electron chi connectivity index (χ0n) is 12.6. The maximum atomic E-state index is 13.3. The number of aromatic amines is 1. The van der Waals surface area contributed by atoms with Crippen molar-refractivity contribution < 1.29 is 4.39 Å². The zero-order chi connectivity index (χ0) is 16.4. The Kier molecular flexibility index (Phi) is 3.85. The number of anilines is 1. The molecule has 3 aromatic rings. The maximum Gasteiger partial charge on any atom is 0.257 e. The zero-order valence-corrected chi connectivity index (χ0v) is 12.6. The molecule has 1 heterocycles. The van der Waals surface area contributed by atoms with E-state index in [1.165, 1.54) is 18.2 Å². The summed E-state index contributed by atoms with van der Waals surface area (Å²) in [5.74, 6) is -0.365. The highest BCUT2D eigenvalue weighted by atomic mass is 19.1. The molecule has 3 rings (SSSR count). The SMILES string of the molecule is Cc1cccc(N/C=C(\N)c2cc3cc(F)ccc3[nH]c2=O)c1. The van der Waals surface area contributed by atoms with E-state index in [-0.39, 0.29) is 17.1 Å². The van der Waals surface area contributed by atoms with Crippen LogP contribution in [0.15, 0.2) is 59.5 Å². The first kappa shape index (κ1) is 14.8. The minimum atomic E-state index is -0.365. The Labute approximate surface area is 132 Å². The first-order valence-corrected chi connectivity index (χ1v) is 7.15. The summed E-state index contributed by atoms with van der Waals surface area (Å²) in [6.07, 6.45) is 1.56. The molecule has 2 aromatic carbocycles. The lowest BCUT2D eigenvalue weighted by Gasteiger charge is -2.06. The number of halogens is 1. The van der Waals surface area contributed by atoms with Crippen LogP contribution in [0.5, 0.6) is 0 Å². The number of hydrogen-bond donors (Lipinski definition) is 3. The third-order valence-corrected chi connectivity index (χ3v) is 3.53. The second-order valence-corrected chi connectivity index (χ2v) is 5.36. The Morgan fingerprint density at radius 1 is 1.22 bits per heavy atom. The summed E-state index contributed by atoms with van der Waals surface area (Å²) < 4.78 is 13.3. The summed E-state index contributed by atoms with van der Waals surface area (Å²) in [6, 6.07) is 13.5. The van der Waals surface area contributed by atoms with Crippen LogP contribution in [0.3, 0.4) is 0 Å². The van der Waals surface area contributed by atoms with Gasteiger partial charge in [-0.1, -0.05) is 12.1 Å². The predicted octanol–water partition coefficient (Wildman–Crippen LogP) is 3.34. The molecule has 0 radical (unpaired) electrons. The highest BCUT2D eigenvalue weighted by Crippen LogP contribution is 2.16.